The second kappa shape index (κ2) is 4.97. The molecule has 0 radical (unpaired) electrons. The van der Waals surface area contributed by atoms with E-state index in [-0.39, 0.29) is 0 Å². The van der Waals surface area contributed by atoms with Crippen LogP contribution in [-0.2, 0) is 0 Å². The Labute approximate surface area is 111 Å². The van der Waals surface area contributed by atoms with Crippen molar-refractivity contribution < 1.29 is 0 Å². The van der Waals surface area contributed by atoms with Crippen molar-refractivity contribution >= 4 is 0 Å². The average molecular weight is 238 g/mol. The summed E-state index contributed by atoms with van der Waals surface area (Å²) in [6.07, 6.45) is 0. The zero-order chi connectivity index (χ0) is 13.2. The molecule has 0 aliphatic carbocycles. The normalized spacial score (nSPS) is 13.3. The quantitative estimate of drug-likeness (QED) is 0.647. The van der Waals surface area contributed by atoms with Gasteiger partial charge >= 0.3 is 0 Å². The summed E-state index contributed by atoms with van der Waals surface area (Å²) in [5.41, 5.74) is 4.31. The lowest BCUT2D eigenvalue weighted by atomic mass is 9.77. The van der Waals surface area contributed by atoms with Crippen LogP contribution in [0.2, 0.25) is 0 Å². The summed E-state index contributed by atoms with van der Waals surface area (Å²) in [6.45, 7) is 9.19. The van der Waals surface area contributed by atoms with Crippen LogP contribution in [0, 0.1) is 5.41 Å². The second-order valence-electron chi connectivity index (χ2n) is 6.08. The van der Waals surface area contributed by atoms with Crippen LogP contribution in [0.3, 0.4) is 0 Å². The van der Waals surface area contributed by atoms with Crippen LogP contribution in [0.4, 0.5) is 0 Å². The largest absolute Gasteiger partial charge is 0.0622 e. The van der Waals surface area contributed by atoms with Crippen molar-refractivity contribution in [3.8, 4) is 11.1 Å². The number of benzene rings is 2. The molecule has 2 aromatic carbocycles. The van der Waals surface area contributed by atoms with Crippen molar-refractivity contribution in [2.45, 2.75) is 33.6 Å². The minimum Gasteiger partial charge on any atom is -0.0622 e. The lowest BCUT2D eigenvalue weighted by Gasteiger charge is -2.27. The van der Waals surface area contributed by atoms with Crippen LogP contribution >= 0.6 is 0 Å². The summed E-state index contributed by atoms with van der Waals surface area (Å²) < 4.78 is 0. The van der Waals surface area contributed by atoms with Crippen LogP contribution in [0.25, 0.3) is 11.1 Å². The molecule has 0 N–H and O–H groups in total. The third-order valence-corrected chi connectivity index (χ3v) is 3.82. The Morgan fingerprint density at radius 1 is 0.722 bits per heavy atom. The van der Waals surface area contributed by atoms with Crippen LogP contribution in [0.5, 0.6) is 0 Å². The van der Waals surface area contributed by atoms with E-state index in [2.05, 4.69) is 82.3 Å². The molecule has 94 valence electrons. The summed E-state index contributed by atoms with van der Waals surface area (Å²) in [6, 6.07) is 19.5. The van der Waals surface area contributed by atoms with Gasteiger partial charge in [0.25, 0.3) is 0 Å². The molecular weight excluding hydrogens is 216 g/mol. The van der Waals surface area contributed by atoms with Crippen molar-refractivity contribution in [3.05, 3.63) is 60.2 Å². The van der Waals surface area contributed by atoms with E-state index in [0.717, 1.165) is 0 Å². The van der Waals surface area contributed by atoms with Crippen molar-refractivity contribution in [2.24, 2.45) is 5.41 Å². The second-order valence-corrected chi connectivity index (χ2v) is 6.08. The van der Waals surface area contributed by atoms with E-state index in [1.807, 2.05) is 0 Å². The molecule has 0 amide bonds. The predicted octanol–water partition coefficient (Wildman–Crippen LogP) is 5.50. The Balaban J connectivity index is 2.26. The van der Waals surface area contributed by atoms with Crippen LogP contribution in [0.1, 0.15) is 39.2 Å². The van der Waals surface area contributed by atoms with Gasteiger partial charge in [0.15, 0.2) is 0 Å². The van der Waals surface area contributed by atoms with Crippen molar-refractivity contribution in [1.29, 1.82) is 0 Å². The molecule has 2 aromatic rings. The zero-order valence-corrected chi connectivity index (χ0v) is 11.8. The fraction of sp³-hybridized carbons (Fsp3) is 0.333. The highest BCUT2D eigenvalue weighted by atomic mass is 14.3. The molecular formula is C18H22. The molecule has 0 nitrogen and oxygen atoms in total. The summed E-state index contributed by atoms with van der Waals surface area (Å²) in [4.78, 5) is 0. The van der Waals surface area contributed by atoms with Gasteiger partial charge in [-0.1, -0.05) is 82.3 Å². The third-order valence-electron chi connectivity index (χ3n) is 3.82. The number of hydrogen-bond donors (Lipinski definition) is 0. The van der Waals surface area contributed by atoms with Gasteiger partial charge in [-0.2, -0.15) is 0 Å². The average Bonchev–Trinajstić information content (AvgIpc) is 2.38. The minimum atomic E-state index is 0.314. The Morgan fingerprint density at radius 3 is 1.72 bits per heavy atom. The van der Waals surface area contributed by atoms with Crippen LogP contribution in [-0.4, -0.2) is 0 Å². The Hall–Kier alpha value is -1.56. The lowest BCUT2D eigenvalue weighted by Crippen LogP contribution is -2.15. The first-order valence-electron chi connectivity index (χ1n) is 6.64. The van der Waals surface area contributed by atoms with E-state index in [1.165, 1.54) is 16.7 Å². The maximum atomic E-state index is 2.30. The first kappa shape index (κ1) is 12.9. The molecule has 0 saturated carbocycles. The molecule has 0 fully saturated rings. The maximum absolute atomic E-state index is 2.30. The van der Waals surface area contributed by atoms with Crippen LogP contribution < -0.4 is 0 Å². The lowest BCUT2D eigenvalue weighted by molar-refractivity contribution is 0.339. The Morgan fingerprint density at radius 2 is 1.22 bits per heavy atom. The Bertz CT molecular complexity index is 486. The highest BCUT2D eigenvalue weighted by Gasteiger charge is 2.21. The molecule has 0 unspecified atom stereocenters. The molecule has 2 rings (SSSR count). The summed E-state index contributed by atoms with van der Waals surface area (Å²) in [7, 11) is 0. The first-order valence-corrected chi connectivity index (χ1v) is 6.64. The van der Waals surface area contributed by atoms with Gasteiger partial charge in [0.05, 0.1) is 0 Å². The smallest absolute Gasteiger partial charge is 0.0142 e. The molecule has 0 aromatic heterocycles. The van der Waals surface area contributed by atoms with Gasteiger partial charge in [0.1, 0.15) is 0 Å². The molecule has 1 atom stereocenters. The predicted molar refractivity (Wildman–Crippen MR) is 79.7 cm³/mol. The van der Waals surface area contributed by atoms with E-state index in [4.69, 9.17) is 0 Å². The molecule has 0 aliphatic rings. The molecule has 0 spiro atoms. The van der Waals surface area contributed by atoms with E-state index >= 15 is 0 Å². The van der Waals surface area contributed by atoms with E-state index in [9.17, 15) is 0 Å². The number of rotatable bonds is 2. The summed E-state index contributed by atoms with van der Waals surface area (Å²) in [5.74, 6) is 0.572. The highest BCUT2D eigenvalue weighted by Crippen LogP contribution is 2.35. The summed E-state index contributed by atoms with van der Waals surface area (Å²) >= 11 is 0. The maximum Gasteiger partial charge on any atom is -0.0142 e. The van der Waals surface area contributed by atoms with Crippen molar-refractivity contribution in [3.63, 3.8) is 0 Å². The monoisotopic (exact) mass is 238 g/mol. The van der Waals surface area contributed by atoms with Gasteiger partial charge in [0.2, 0.25) is 0 Å². The van der Waals surface area contributed by atoms with Gasteiger partial charge in [0, 0.05) is 0 Å². The van der Waals surface area contributed by atoms with Crippen LogP contribution in [0.15, 0.2) is 54.6 Å². The summed E-state index contributed by atoms with van der Waals surface area (Å²) in [5, 5.41) is 0. The molecule has 18 heavy (non-hydrogen) atoms. The minimum absolute atomic E-state index is 0.314. The standard InChI is InChI=1S/C18H22/c1-14(18(2,3)4)15-10-12-17(13-11-15)16-8-6-5-7-9-16/h5-14H,1-4H3/t14-/m1/s1. The van der Waals surface area contributed by atoms with Crippen molar-refractivity contribution in [1.82, 2.24) is 0 Å². The molecule has 0 heterocycles. The fourth-order valence-corrected chi connectivity index (χ4v) is 2.09. The molecule has 0 bridgehead atoms. The van der Waals surface area contributed by atoms with E-state index < -0.39 is 0 Å². The van der Waals surface area contributed by atoms with Gasteiger partial charge < -0.3 is 0 Å². The highest BCUT2D eigenvalue weighted by molar-refractivity contribution is 5.63. The van der Waals surface area contributed by atoms with Gasteiger partial charge in [-0.25, -0.2) is 0 Å². The Kier molecular flexibility index (Phi) is 3.56. The number of hydrogen-bond acceptors (Lipinski definition) is 0. The fourth-order valence-electron chi connectivity index (χ4n) is 2.09. The topological polar surface area (TPSA) is 0 Å². The molecule has 0 aliphatic heterocycles. The SMILES string of the molecule is C[C@H](c1ccc(-c2ccccc2)cc1)C(C)(C)C. The van der Waals surface area contributed by atoms with Gasteiger partial charge in [-0.15, -0.1) is 0 Å². The van der Waals surface area contributed by atoms with Gasteiger partial charge in [-0.3, -0.25) is 0 Å². The first-order chi connectivity index (χ1) is 8.48. The van der Waals surface area contributed by atoms with Gasteiger partial charge in [-0.05, 0) is 28.0 Å². The molecule has 0 saturated heterocycles. The third kappa shape index (κ3) is 2.81. The molecule has 0 heteroatoms. The van der Waals surface area contributed by atoms with Crippen molar-refractivity contribution in [2.75, 3.05) is 0 Å². The van der Waals surface area contributed by atoms with E-state index in [0.29, 0.717) is 11.3 Å². The zero-order valence-electron chi connectivity index (χ0n) is 11.8. The van der Waals surface area contributed by atoms with E-state index in [1.54, 1.807) is 0 Å².